The zero-order valence-corrected chi connectivity index (χ0v) is 15.4. The number of rotatable bonds is 7. The van der Waals surface area contributed by atoms with E-state index in [2.05, 4.69) is 23.4 Å². The van der Waals surface area contributed by atoms with Crippen LogP contribution in [0, 0.1) is 6.92 Å². The van der Waals surface area contributed by atoms with Crippen LogP contribution in [0.5, 0.6) is 0 Å². The number of aryl methyl sites for hydroxylation is 1. The smallest absolute Gasteiger partial charge is 0.266 e. The second kappa shape index (κ2) is 8.85. The number of carbonyl (C=O) groups excluding carboxylic acids is 1. The summed E-state index contributed by atoms with van der Waals surface area (Å²) < 4.78 is 1.99. The number of carbonyl (C=O) groups is 1. The van der Waals surface area contributed by atoms with Crippen molar-refractivity contribution in [3.63, 3.8) is 0 Å². The lowest BCUT2D eigenvalue weighted by atomic mass is 10.0. The molecular formula is C18H30N4O2. The summed E-state index contributed by atoms with van der Waals surface area (Å²) in [5.41, 5.74) is 1.98. The highest BCUT2D eigenvalue weighted by molar-refractivity contribution is 5.81. The van der Waals surface area contributed by atoms with Crippen molar-refractivity contribution in [2.75, 3.05) is 13.1 Å². The van der Waals surface area contributed by atoms with E-state index in [4.69, 9.17) is 4.84 Å². The lowest BCUT2D eigenvalue weighted by Crippen LogP contribution is -2.46. The lowest BCUT2D eigenvalue weighted by molar-refractivity contribution is -0.146. The number of unbranched alkanes of at least 4 members (excludes halogenated alkanes) is 1. The maximum Gasteiger partial charge on any atom is 0.266 e. The second-order valence-electron chi connectivity index (χ2n) is 6.85. The summed E-state index contributed by atoms with van der Waals surface area (Å²) in [6.07, 6.45) is 8.21. The van der Waals surface area contributed by atoms with Crippen molar-refractivity contribution in [2.45, 2.75) is 71.9 Å². The maximum absolute atomic E-state index is 12.9. The molecule has 0 saturated carbocycles. The zero-order chi connectivity index (χ0) is 17.5. The fourth-order valence-electron chi connectivity index (χ4n) is 2.99. The molecule has 2 rings (SSSR count). The van der Waals surface area contributed by atoms with Crippen molar-refractivity contribution in [1.29, 1.82) is 0 Å². The van der Waals surface area contributed by atoms with Crippen LogP contribution in [0.3, 0.4) is 0 Å². The van der Waals surface area contributed by atoms with Gasteiger partial charge in [0.05, 0.1) is 18.0 Å². The number of oxime groups is 1. The van der Waals surface area contributed by atoms with Crippen LogP contribution in [0.25, 0.3) is 0 Å². The number of likely N-dealkylation sites (tertiary alicyclic amines) is 1. The summed E-state index contributed by atoms with van der Waals surface area (Å²) in [7, 11) is 0. The molecule has 134 valence electrons. The Labute approximate surface area is 144 Å². The van der Waals surface area contributed by atoms with Gasteiger partial charge in [0.2, 0.25) is 6.10 Å². The van der Waals surface area contributed by atoms with E-state index >= 15 is 0 Å². The average molecular weight is 334 g/mol. The van der Waals surface area contributed by atoms with Crippen LogP contribution in [0.15, 0.2) is 17.5 Å². The molecule has 0 aromatic carbocycles. The largest absolute Gasteiger partial charge is 0.382 e. The molecule has 2 heterocycles. The van der Waals surface area contributed by atoms with Gasteiger partial charge in [-0.15, -0.1) is 0 Å². The molecule has 0 aliphatic carbocycles. The average Bonchev–Trinajstić information content (AvgIpc) is 3.01. The topological polar surface area (TPSA) is 59.7 Å². The van der Waals surface area contributed by atoms with Crippen molar-refractivity contribution < 1.29 is 9.63 Å². The van der Waals surface area contributed by atoms with Gasteiger partial charge in [0.25, 0.3) is 5.91 Å². The number of nitrogens with zero attached hydrogens (tertiary/aromatic N) is 4. The van der Waals surface area contributed by atoms with E-state index in [1.165, 1.54) is 0 Å². The van der Waals surface area contributed by atoms with Gasteiger partial charge in [-0.05, 0) is 52.0 Å². The molecule has 1 aromatic heterocycles. The Kier molecular flexibility index (Phi) is 6.82. The molecule has 0 bridgehead atoms. The van der Waals surface area contributed by atoms with E-state index in [1.54, 1.807) is 0 Å². The summed E-state index contributed by atoms with van der Waals surface area (Å²) in [6.45, 7) is 9.38. The minimum absolute atomic E-state index is 0.0574. The van der Waals surface area contributed by atoms with Gasteiger partial charge in [0, 0.05) is 19.3 Å². The molecular weight excluding hydrogens is 304 g/mol. The summed E-state index contributed by atoms with van der Waals surface area (Å²) in [5, 5.41) is 8.44. The molecule has 2 unspecified atom stereocenters. The predicted octanol–water partition coefficient (Wildman–Crippen LogP) is 3.33. The first-order valence-corrected chi connectivity index (χ1v) is 8.97. The van der Waals surface area contributed by atoms with Gasteiger partial charge in [0.1, 0.15) is 0 Å². The van der Waals surface area contributed by atoms with Crippen molar-refractivity contribution in [1.82, 2.24) is 14.7 Å². The fraction of sp³-hybridized carbons (Fsp3) is 0.722. The first kappa shape index (κ1) is 18.5. The van der Waals surface area contributed by atoms with Gasteiger partial charge < -0.3 is 9.74 Å². The molecule has 0 spiro atoms. The Bertz CT molecular complexity index is 563. The molecule has 0 N–H and O–H groups in total. The SMILES string of the molecule is CCCCC(ON=C(C)C)C(=O)N1CCCC(n2cc(C)cn2)C1. The highest BCUT2D eigenvalue weighted by atomic mass is 16.6. The molecule has 1 fully saturated rings. The fourth-order valence-corrected chi connectivity index (χ4v) is 2.99. The van der Waals surface area contributed by atoms with E-state index in [0.717, 1.165) is 43.5 Å². The number of aromatic nitrogens is 2. The van der Waals surface area contributed by atoms with Crippen LogP contribution in [0.2, 0.25) is 0 Å². The third-order valence-electron chi connectivity index (χ3n) is 4.27. The molecule has 1 aliphatic heterocycles. The monoisotopic (exact) mass is 334 g/mol. The van der Waals surface area contributed by atoms with E-state index in [1.807, 2.05) is 36.5 Å². The zero-order valence-electron chi connectivity index (χ0n) is 15.4. The maximum atomic E-state index is 12.9. The Hall–Kier alpha value is -1.85. The van der Waals surface area contributed by atoms with E-state index in [-0.39, 0.29) is 11.9 Å². The van der Waals surface area contributed by atoms with E-state index < -0.39 is 6.10 Å². The van der Waals surface area contributed by atoms with Crippen LogP contribution >= 0.6 is 0 Å². The molecule has 1 aromatic rings. The standard InChI is InChI=1S/C18H30N4O2/c1-5-6-9-17(24-20-14(2)3)18(23)21-10-7-8-16(13-21)22-12-15(4)11-19-22/h11-12,16-17H,5-10,13H2,1-4H3. The van der Waals surface area contributed by atoms with Crippen molar-refractivity contribution in [2.24, 2.45) is 5.16 Å². The van der Waals surface area contributed by atoms with Crippen LogP contribution in [0.1, 0.15) is 64.5 Å². The van der Waals surface area contributed by atoms with Gasteiger partial charge in [-0.25, -0.2) is 0 Å². The number of hydrogen-bond acceptors (Lipinski definition) is 4. The van der Waals surface area contributed by atoms with Gasteiger partial charge >= 0.3 is 0 Å². The second-order valence-corrected chi connectivity index (χ2v) is 6.85. The van der Waals surface area contributed by atoms with E-state index in [0.29, 0.717) is 13.0 Å². The lowest BCUT2D eigenvalue weighted by Gasteiger charge is -2.34. The molecule has 2 atom stereocenters. The highest BCUT2D eigenvalue weighted by Gasteiger charge is 2.31. The Morgan fingerprint density at radius 2 is 2.29 bits per heavy atom. The molecule has 1 aliphatic rings. The van der Waals surface area contributed by atoms with Gasteiger partial charge in [-0.1, -0.05) is 18.5 Å². The minimum atomic E-state index is -0.474. The van der Waals surface area contributed by atoms with Crippen LogP contribution in [-0.4, -0.2) is 45.5 Å². The van der Waals surface area contributed by atoms with Crippen molar-refractivity contribution in [3.05, 3.63) is 18.0 Å². The van der Waals surface area contributed by atoms with Crippen LogP contribution in [0.4, 0.5) is 0 Å². The van der Waals surface area contributed by atoms with Gasteiger partial charge in [-0.3, -0.25) is 9.48 Å². The summed E-state index contributed by atoms with van der Waals surface area (Å²) in [5.74, 6) is 0.0574. The molecule has 24 heavy (non-hydrogen) atoms. The van der Waals surface area contributed by atoms with Gasteiger partial charge in [-0.2, -0.15) is 5.10 Å². The van der Waals surface area contributed by atoms with Gasteiger partial charge in [0.15, 0.2) is 0 Å². The number of amides is 1. The molecule has 6 nitrogen and oxygen atoms in total. The summed E-state index contributed by atoms with van der Waals surface area (Å²) >= 11 is 0. The molecule has 6 heteroatoms. The Balaban J connectivity index is 2.02. The molecule has 1 amide bonds. The number of hydrogen-bond donors (Lipinski definition) is 0. The van der Waals surface area contributed by atoms with Crippen LogP contribution in [-0.2, 0) is 9.63 Å². The van der Waals surface area contributed by atoms with Crippen LogP contribution < -0.4 is 0 Å². The third kappa shape index (κ3) is 5.08. The summed E-state index contributed by atoms with van der Waals surface area (Å²) in [6, 6.07) is 0.250. The first-order chi connectivity index (χ1) is 11.5. The summed E-state index contributed by atoms with van der Waals surface area (Å²) in [4.78, 5) is 20.4. The first-order valence-electron chi connectivity index (χ1n) is 8.97. The normalized spacial score (nSPS) is 19.0. The third-order valence-corrected chi connectivity index (χ3v) is 4.27. The quantitative estimate of drug-likeness (QED) is 0.568. The number of piperidine rings is 1. The minimum Gasteiger partial charge on any atom is -0.382 e. The van der Waals surface area contributed by atoms with Crippen molar-refractivity contribution >= 4 is 11.6 Å². The predicted molar refractivity (Wildman–Crippen MR) is 95.0 cm³/mol. The van der Waals surface area contributed by atoms with Crippen molar-refractivity contribution in [3.8, 4) is 0 Å². The Morgan fingerprint density at radius 1 is 1.50 bits per heavy atom. The molecule has 1 saturated heterocycles. The van der Waals surface area contributed by atoms with E-state index in [9.17, 15) is 4.79 Å². The highest BCUT2D eigenvalue weighted by Crippen LogP contribution is 2.23. The Morgan fingerprint density at radius 3 is 2.92 bits per heavy atom. The molecule has 0 radical (unpaired) electrons.